The van der Waals surface area contributed by atoms with Gasteiger partial charge in [-0.1, -0.05) is 34.5 Å². The second-order valence-electron chi connectivity index (χ2n) is 4.00. The van der Waals surface area contributed by atoms with Crippen molar-refractivity contribution in [1.82, 2.24) is 15.0 Å². The van der Waals surface area contributed by atoms with Crippen LogP contribution >= 0.6 is 23.2 Å². The van der Waals surface area contributed by atoms with Crippen molar-refractivity contribution in [1.29, 1.82) is 0 Å². The molecule has 0 aliphatic carbocycles. The first-order valence-electron chi connectivity index (χ1n) is 5.88. The minimum atomic E-state index is 0.142. The zero-order valence-corrected chi connectivity index (χ0v) is 11.7. The highest BCUT2D eigenvalue weighted by Gasteiger charge is 2.06. The van der Waals surface area contributed by atoms with E-state index >= 15 is 0 Å². The second-order valence-corrected chi connectivity index (χ2v) is 4.81. The van der Waals surface area contributed by atoms with E-state index in [0.717, 1.165) is 5.69 Å². The molecule has 0 aliphatic heterocycles. The van der Waals surface area contributed by atoms with Gasteiger partial charge in [-0.3, -0.25) is 4.68 Å². The monoisotopic (exact) mass is 300 g/mol. The predicted molar refractivity (Wildman–Crippen MR) is 75.5 cm³/mol. The maximum atomic E-state index is 8.74. The number of hydrogen-bond acceptors (Lipinski definition) is 4. The van der Waals surface area contributed by atoms with Crippen molar-refractivity contribution in [2.24, 2.45) is 0 Å². The van der Waals surface area contributed by atoms with E-state index < -0.39 is 0 Å². The number of rotatable bonds is 6. The summed E-state index contributed by atoms with van der Waals surface area (Å²) in [5.74, 6) is 0. The van der Waals surface area contributed by atoms with Gasteiger partial charge in [-0.25, -0.2) is 0 Å². The van der Waals surface area contributed by atoms with Crippen LogP contribution in [0.4, 0.5) is 5.69 Å². The molecule has 0 spiro atoms. The van der Waals surface area contributed by atoms with Crippen molar-refractivity contribution in [2.75, 3.05) is 11.9 Å². The third-order valence-electron chi connectivity index (χ3n) is 2.54. The van der Waals surface area contributed by atoms with Gasteiger partial charge in [0.15, 0.2) is 0 Å². The summed E-state index contributed by atoms with van der Waals surface area (Å²) in [4.78, 5) is 0. The highest BCUT2D eigenvalue weighted by molar-refractivity contribution is 6.39. The van der Waals surface area contributed by atoms with Crippen LogP contribution in [0, 0.1) is 0 Å². The van der Waals surface area contributed by atoms with Gasteiger partial charge in [0, 0.05) is 13.2 Å². The lowest BCUT2D eigenvalue weighted by molar-refractivity contribution is 0.276. The van der Waals surface area contributed by atoms with Gasteiger partial charge in [0.25, 0.3) is 0 Å². The van der Waals surface area contributed by atoms with E-state index in [2.05, 4.69) is 15.6 Å². The number of para-hydroxylation sites is 1. The molecule has 0 radical (unpaired) electrons. The summed E-state index contributed by atoms with van der Waals surface area (Å²) in [6.07, 6.45) is 2.49. The SMILES string of the molecule is OCCCn1cc(CNc2c(Cl)cccc2Cl)nn1. The maximum Gasteiger partial charge on any atom is 0.102 e. The molecule has 0 aliphatic rings. The molecule has 2 rings (SSSR count). The highest BCUT2D eigenvalue weighted by atomic mass is 35.5. The first-order valence-corrected chi connectivity index (χ1v) is 6.64. The Morgan fingerprint density at radius 1 is 1.26 bits per heavy atom. The minimum Gasteiger partial charge on any atom is -0.396 e. The first kappa shape index (κ1) is 14.1. The summed E-state index contributed by atoms with van der Waals surface area (Å²) in [6.45, 7) is 1.28. The van der Waals surface area contributed by atoms with Crippen molar-refractivity contribution in [3.8, 4) is 0 Å². The van der Waals surface area contributed by atoms with Crippen molar-refractivity contribution in [2.45, 2.75) is 19.5 Å². The topological polar surface area (TPSA) is 63.0 Å². The molecule has 19 heavy (non-hydrogen) atoms. The molecule has 102 valence electrons. The number of halogens is 2. The molecule has 7 heteroatoms. The van der Waals surface area contributed by atoms with E-state index in [-0.39, 0.29) is 6.61 Å². The zero-order valence-electron chi connectivity index (χ0n) is 10.2. The van der Waals surface area contributed by atoms with Gasteiger partial charge in [-0.15, -0.1) is 5.10 Å². The molecule has 1 aromatic heterocycles. The minimum absolute atomic E-state index is 0.142. The largest absolute Gasteiger partial charge is 0.396 e. The molecular formula is C12H14Cl2N4O. The molecule has 0 saturated carbocycles. The lowest BCUT2D eigenvalue weighted by atomic mass is 10.3. The summed E-state index contributed by atoms with van der Waals surface area (Å²) >= 11 is 12.1. The van der Waals surface area contributed by atoms with E-state index in [0.29, 0.717) is 35.2 Å². The van der Waals surface area contributed by atoms with Crippen LogP contribution in [0.1, 0.15) is 12.1 Å². The normalized spacial score (nSPS) is 10.7. The van der Waals surface area contributed by atoms with Crippen LogP contribution in [0.2, 0.25) is 10.0 Å². The fourth-order valence-electron chi connectivity index (χ4n) is 1.61. The number of aliphatic hydroxyl groups excluding tert-OH is 1. The van der Waals surface area contributed by atoms with Gasteiger partial charge < -0.3 is 10.4 Å². The van der Waals surface area contributed by atoms with E-state index in [4.69, 9.17) is 28.3 Å². The Morgan fingerprint density at radius 3 is 2.68 bits per heavy atom. The Bertz CT molecular complexity index is 524. The number of benzene rings is 1. The summed E-state index contributed by atoms with van der Waals surface area (Å²) in [5, 5.41) is 21.0. The van der Waals surface area contributed by atoms with Crippen molar-refractivity contribution >= 4 is 28.9 Å². The Morgan fingerprint density at radius 2 is 2.00 bits per heavy atom. The molecule has 0 unspecified atom stereocenters. The van der Waals surface area contributed by atoms with Gasteiger partial charge in [0.05, 0.1) is 28.5 Å². The van der Waals surface area contributed by atoms with Crippen LogP contribution in [-0.4, -0.2) is 26.7 Å². The number of aryl methyl sites for hydroxylation is 1. The standard InChI is InChI=1S/C12H14Cl2N4O/c13-10-3-1-4-11(14)12(10)15-7-9-8-18(17-16-9)5-2-6-19/h1,3-4,8,15,19H,2,5-7H2. The fraction of sp³-hybridized carbons (Fsp3) is 0.333. The summed E-state index contributed by atoms with van der Waals surface area (Å²) < 4.78 is 1.70. The molecule has 0 saturated heterocycles. The lowest BCUT2D eigenvalue weighted by Gasteiger charge is -2.08. The van der Waals surface area contributed by atoms with E-state index in [1.165, 1.54) is 0 Å². The predicted octanol–water partition coefficient (Wildman–Crippen LogP) is 2.58. The van der Waals surface area contributed by atoms with Crippen LogP contribution in [0.15, 0.2) is 24.4 Å². The highest BCUT2D eigenvalue weighted by Crippen LogP contribution is 2.29. The molecular weight excluding hydrogens is 287 g/mol. The molecule has 2 aromatic rings. The third-order valence-corrected chi connectivity index (χ3v) is 3.17. The van der Waals surface area contributed by atoms with E-state index in [1.807, 2.05) is 6.20 Å². The van der Waals surface area contributed by atoms with E-state index in [9.17, 15) is 0 Å². The number of aromatic nitrogens is 3. The molecule has 0 bridgehead atoms. The number of anilines is 1. The van der Waals surface area contributed by atoms with Crippen LogP contribution < -0.4 is 5.32 Å². The van der Waals surface area contributed by atoms with Crippen molar-refractivity contribution in [3.63, 3.8) is 0 Å². The summed E-state index contributed by atoms with van der Waals surface area (Å²) in [5.41, 5.74) is 1.48. The van der Waals surface area contributed by atoms with Gasteiger partial charge in [0.1, 0.15) is 5.69 Å². The van der Waals surface area contributed by atoms with Crippen LogP contribution in [0.25, 0.3) is 0 Å². The van der Waals surface area contributed by atoms with Crippen LogP contribution in [0.5, 0.6) is 0 Å². The van der Waals surface area contributed by atoms with Gasteiger partial charge in [-0.2, -0.15) is 0 Å². The second kappa shape index (κ2) is 6.75. The third kappa shape index (κ3) is 3.83. The summed E-state index contributed by atoms with van der Waals surface area (Å²) in [7, 11) is 0. The Kier molecular flexibility index (Phi) is 5.01. The summed E-state index contributed by atoms with van der Waals surface area (Å²) in [6, 6.07) is 5.34. The Hall–Kier alpha value is -1.30. The molecule has 0 fully saturated rings. The van der Waals surface area contributed by atoms with Gasteiger partial charge in [0.2, 0.25) is 0 Å². The molecule has 0 amide bonds. The average Bonchev–Trinajstić information content (AvgIpc) is 2.84. The van der Waals surface area contributed by atoms with Crippen LogP contribution in [0.3, 0.4) is 0 Å². The first-order chi connectivity index (χ1) is 9.20. The number of hydrogen-bond donors (Lipinski definition) is 2. The molecule has 5 nitrogen and oxygen atoms in total. The molecule has 1 heterocycles. The lowest BCUT2D eigenvalue weighted by Crippen LogP contribution is -2.01. The quantitative estimate of drug-likeness (QED) is 0.861. The number of nitrogens with one attached hydrogen (secondary N) is 1. The van der Waals surface area contributed by atoms with Crippen molar-refractivity contribution in [3.05, 3.63) is 40.1 Å². The Labute approximate surface area is 121 Å². The molecule has 1 aromatic carbocycles. The van der Waals surface area contributed by atoms with Crippen molar-refractivity contribution < 1.29 is 5.11 Å². The van der Waals surface area contributed by atoms with Crippen LogP contribution in [-0.2, 0) is 13.1 Å². The Balaban J connectivity index is 1.97. The number of aliphatic hydroxyl groups is 1. The van der Waals surface area contributed by atoms with Gasteiger partial charge >= 0.3 is 0 Å². The van der Waals surface area contributed by atoms with E-state index in [1.54, 1.807) is 22.9 Å². The maximum absolute atomic E-state index is 8.74. The average molecular weight is 301 g/mol. The molecule has 2 N–H and O–H groups in total. The fourth-order valence-corrected chi connectivity index (χ4v) is 2.14. The smallest absolute Gasteiger partial charge is 0.102 e. The zero-order chi connectivity index (χ0) is 13.7. The molecule has 0 atom stereocenters. The van der Waals surface area contributed by atoms with Gasteiger partial charge in [-0.05, 0) is 18.6 Å². The number of nitrogens with zero attached hydrogens (tertiary/aromatic N) is 3.